The van der Waals surface area contributed by atoms with Gasteiger partial charge >= 0.3 is 5.97 Å². The van der Waals surface area contributed by atoms with Crippen molar-refractivity contribution in [1.29, 1.82) is 0 Å². The van der Waals surface area contributed by atoms with E-state index in [1.54, 1.807) is 19.1 Å². The Kier molecular flexibility index (Phi) is 5.26. The van der Waals surface area contributed by atoms with Crippen molar-refractivity contribution < 1.29 is 23.1 Å². The molecular weight excluding hydrogens is 282 g/mol. The Bertz CT molecular complexity index is 609. The zero-order chi connectivity index (χ0) is 15.3. The van der Waals surface area contributed by atoms with E-state index in [4.69, 9.17) is 5.11 Å². The number of benzene rings is 1. The number of carboxylic acids is 1. The third-order valence-corrected chi connectivity index (χ3v) is 4.48. The van der Waals surface area contributed by atoms with Crippen LogP contribution in [0.25, 0.3) is 0 Å². The molecule has 0 aliphatic carbocycles. The number of hydrogen-bond donors (Lipinski definition) is 2. The lowest BCUT2D eigenvalue weighted by atomic mass is 10.1. The zero-order valence-corrected chi connectivity index (χ0v) is 12.1. The van der Waals surface area contributed by atoms with E-state index in [2.05, 4.69) is 5.32 Å². The molecule has 6 nitrogen and oxygen atoms in total. The van der Waals surface area contributed by atoms with Crippen LogP contribution in [0.5, 0.6) is 0 Å². The first kappa shape index (κ1) is 16.2. The topological polar surface area (TPSA) is 101 Å². The summed E-state index contributed by atoms with van der Waals surface area (Å²) in [5.74, 6) is -1.61. The number of sulfone groups is 1. The van der Waals surface area contributed by atoms with Gasteiger partial charge in [0.05, 0.1) is 17.1 Å². The van der Waals surface area contributed by atoms with E-state index in [0.717, 1.165) is 0 Å². The number of nitrogens with one attached hydrogen (secondary N) is 1. The third kappa shape index (κ3) is 4.34. The second kappa shape index (κ2) is 6.51. The fourth-order valence-electron chi connectivity index (χ4n) is 1.56. The van der Waals surface area contributed by atoms with Crippen LogP contribution >= 0.6 is 0 Å². The highest BCUT2D eigenvalue weighted by atomic mass is 32.2. The van der Waals surface area contributed by atoms with Crippen molar-refractivity contribution in [3.05, 3.63) is 29.8 Å². The van der Waals surface area contributed by atoms with Crippen molar-refractivity contribution in [3.8, 4) is 0 Å². The Morgan fingerprint density at radius 1 is 1.35 bits per heavy atom. The van der Waals surface area contributed by atoms with Gasteiger partial charge in [0.25, 0.3) is 0 Å². The molecular formula is C13H17NO5S. The number of carboxylic acid groups (broad SMARTS) is 1. The van der Waals surface area contributed by atoms with Crippen molar-refractivity contribution >= 4 is 21.7 Å². The van der Waals surface area contributed by atoms with Crippen LogP contribution in [0.4, 0.5) is 0 Å². The summed E-state index contributed by atoms with van der Waals surface area (Å²) in [6.45, 7) is 2.90. The average Bonchev–Trinajstić information content (AvgIpc) is 2.38. The van der Waals surface area contributed by atoms with Gasteiger partial charge in [0, 0.05) is 0 Å². The average molecular weight is 299 g/mol. The molecule has 110 valence electrons. The number of amides is 1. The fourth-order valence-corrected chi connectivity index (χ4v) is 2.51. The molecule has 1 atom stereocenters. The van der Waals surface area contributed by atoms with E-state index in [9.17, 15) is 18.0 Å². The van der Waals surface area contributed by atoms with Gasteiger partial charge in [-0.2, -0.15) is 0 Å². The molecule has 0 aromatic heterocycles. The lowest BCUT2D eigenvalue weighted by Crippen LogP contribution is -2.39. The predicted octanol–water partition coefficient (Wildman–Crippen LogP) is 0.612. The Labute approximate surface area is 117 Å². The van der Waals surface area contributed by atoms with Gasteiger partial charge in [-0.15, -0.1) is 0 Å². The summed E-state index contributed by atoms with van der Waals surface area (Å²) < 4.78 is 23.5. The molecule has 0 saturated carbocycles. The molecule has 1 aromatic rings. The van der Waals surface area contributed by atoms with Gasteiger partial charge in [-0.05, 0) is 24.6 Å². The lowest BCUT2D eigenvalue weighted by molar-refractivity contribution is -0.141. The largest absolute Gasteiger partial charge is 0.480 e. The van der Waals surface area contributed by atoms with Crippen LogP contribution in [0.2, 0.25) is 0 Å². The molecule has 0 heterocycles. The SMILES string of the molecule is CCS(=O)(=O)c1cccc(CC(=O)N[C@@H](C)C(=O)O)c1. The summed E-state index contributed by atoms with van der Waals surface area (Å²) in [4.78, 5) is 22.4. The van der Waals surface area contributed by atoms with Crippen LogP contribution in [-0.4, -0.2) is 37.2 Å². The van der Waals surface area contributed by atoms with E-state index in [-0.39, 0.29) is 17.1 Å². The van der Waals surface area contributed by atoms with E-state index < -0.39 is 27.8 Å². The van der Waals surface area contributed by atoms with Crippen molar-refractivity contribution in [2.24, 2.45) is 0 Å². The summed E-state index contributed by atoms with van der Waals surface area (Å²) in [5, 5.41) is 11.0. The van der Waals surface area contributed by atoms with Gasteiger partial charge in [-0.3, -0.25) is 9.59 Å². The number of carbonyl (C=O) groups is 2. The molecule has 1 rings (SSSR count). The smallest absolute Gasteiger partial charge is 0.325 e. The maximum Gasteiger partial charge on any atom is 0.325 e. The Morgan fingerprint density at radius 2 is 2.00 bits per heavy atom. The van der Waals surface area contributed by atoms with E-state index in [1.807, 2.05) is 0 Å². The van der Waals surface area contributed by atoms with Crippen LogP contribution in [0.15, 0.2) is 29.2 Å². The first-order valence-corrected chi connectivity index (χ1v) is 7.75. The molecule has 7 heteroatoms. The molecule has 2 N–H and O–H groups in total. The summed E-state index contributed by atoms with van der Waals surface area (Å²) in [6.07, 6.45) is -0.0648. The van der Waals surface area contributed by atoms with Crippen molar-refractivity contribution in [2.75, 3.05) is 5.75 Å². The summed E-state index contributed by atoms with van der Waals surface area (Å²) in [6, 6.07) is 5.11. The third-order valence-electron chi connectivity index (χ3n) is 2.75. The summed E-state index contributed by atoms with van der Waals surface area (Å²) in [7, 11) is -3.32. The molecule has 0 spiro atoms. The molecule has 0 bridgehead atoms. The van der Waals surface area contributed by atoms with Crippen LogP contribution < -0.4 is 5.32 Å². The number of hydrogen-bond acceptors (Lipinski definition) is 4. The van der Waals surface area contributed by atoms with Crippen LogP contribution in [0.1, 0.15) is 19.4 Å². The number of rotatable bonds is 6. The lowest BCUT2D eigenvalue weighted by Gasteiger charge is -2.10. The first-order chi connectivity index (χ1) is 9.26. The number of aliphatic carboxylic acids is 1. The van der Waals surface area contributed by atoms with Gasteiger partial charge in [0.2, 0.25) is 5.91 Å². The Hall–Kier alpha value is -1.89. The molecule has 0 fully saturated rings. The van der Waals surface area contributed by atoms with Crippen molar-refractivity contribution in [1.82, 2.24) is 5.32 Å². The van der Waals surface area contributed by atoms with Gasteiger partial charge < -0.3 is 10.4 Å². The highest BCUT2D eigenvalue weighted by Gasteiger charge is 2.16. The maximum atomic E-state index is 11.7. The van der Waals surface area contributed by atoms with Crippen LogP contribution in [-0.2, 0) is 25.8 Å². The maximum absolute atomic E-state index is 11.7. The minimum absolute atomic E-state index is 0.0152. The molecule has 1 amide bonds. The summed E-state index contributed by atoms with van der Waals surface area (Å²) >= 11 is 0. The second-order valence-electron chi connectivity index (χ2n) is 4.36. The Morgan fingerprint density at radius 3 is 2.55 bits per heavy atom. The fraction of sp³-hybridized carbons (Fsp3) is 0.385. The molecule has 0 radical (unpaired) electrons. The molecule has 1 aromatic carbocycles. The minimum atomic E-state index is -3.32. The monoisotopic (exact) mass is 299 g/mol. The number of carbonyl (C=O) groups excluding carboxylic acids is 1. The molecule has 0 aliphatic heterocycles. The van der Waals surface area contributed by atoms with E-state index in [0.29, 0.717) is 5.56 Å². The molecule has 0 unspecified atom stereocenters. The standard InChI is InChI=1S/C13H17NO5S/c1-3-20(18,19)11-6-4-5-10(7-11)8-12(15)14-9(2)13(16)17/h4-7,9H,3,8H2,1-2H3,(H,14,15)(H,16,17)/t9-/m0/s1. The highest BCUT2D eigenvalue weighted by Crippen LogP contribution is 2.13. The predicted molar refractivity (Wildman–Crippen MR) is 73.1 cm³/mol. The van der Waals surface area contributed by atoms with Gasteiger partial charge in [0.1, 0.15) is 6.04 Å². The van der Waals surface area contributed by atoms with Gasteiger partial charge in [-0.25, -0.2) is 8.42 Å². The minimum Gasteiger partial charge on any atom is -0.480 e. The quantitative estimate of drug-likeness (QED) is 0.801. The first-order valence-electron chi connectivity index (χ1n) is 6.10. The van der Waals surface area contributed by atoms with Crippen molar-refractivity contribution in [3.63, 3.8) is 0 Å². The Balaban J connectivity index is 2.82. The highest BCUT2D eigenvalue weighted by molar-refractivity contribution is 7.91. The molecule has 20 heavy (non-hydrogen) atoms. The van der Waals surface area contributed by atoms with E-state index >= 15 is 0 Å². The van der Waals surface area contributed by atoms with Crippen molar-refractivity contribution in [2.45, 2.75) is 31.2 Å². The van der Waals surface area contributed by atoms with E-state index in [1.165, 1.54) is 19.1 Å². The van der Waals surface area contributed by atoms with Crippen LogP contribution in [0, 0.1) is 0 Å². The van der Waals surface area contributed by atoms with Gasteiger partial charge in [0.15, 0.2) is 9.84 Å². The molecule has 0 saturated heterocycles. The second-order valence-corrected chi connectivity index (χ2v) is 6.63. The summed E-state index contributed by atoms with van der Waals surface area (Å²) in [5.41, 5.74) is 0.523. The zero-order valence-electron chi connectivity index (χ0n) is 11.3. The normalized spacial score (nSPS) is 12.7. The van der Waals surface area contributed by atoms with Crippen LogP contribution in [0.3, 0.4) is 0 Å². The van der Waals surface area contributed by atoms with Gasteiger partial charge in [-0.1, -0.05) is 19.1 Å². The molecule has 0 aliphatic rings.